The largest absolute Gasteiger partial charge is 0.468 e. The standard InChI is InChI=1S/C17H21NO4/c1-17(2,3)22-16(19)18-15(12-8-6-5-7-9-12)13-10-11-14(20-4)21-13/h5-11,15H,1-4H3,(H,18,19)/t15-/m1/s1. The van der Waals surface area contributed by atoms with E-state index in [2.05, 4.69) is 5.32 Å². The highest BCUT2D eigenvalue weighted by Gasteiger charge is 2.24. The maximum Gasteiger partial charge on any atom is 0.408 e. The highest BCUT2D eigenvalue weighted by molar-refractivity contribution is 5.69. The lowest BCUT2D eigenvalue weighted by molar-refractivity contribution is 0.0506. The average molecular weight is 303 g/mol. The molecule has 1 heterocycles. The van der Waals surface area contributed by atoms with Gasteiger partial charge in [-0.15, -0.1) is 0 Å². The van der Waals surface area contributed by atoms with Crippen LogP contribution in [0, 0.1) is 0 Å². The molecule has 2 rings (SSSR count). The zero-order chi connectivity index (χ0) is 16.2. The van der Waals surface area contributed by atoms with Gasteiger partial charge in [0.1, 0.15) is 17.4 Å². The maximum absolute atomic E-state index is 12.1. The van der Waals surface area contributed by atoms with E-state index in [0.29, 0.717) is 11.7 Å². The summed E-state index contributed by atoms with van der Waals surface area (Å²) in [5.41, 5.74) is 0.331. The van der Waals surface area contributed by atoms with Crippen LogP contribution in [0.5, 0.6) is 5.95 Å². The molecule has 118 valence electrons. The lowest BCUT2D eigenvalue weighted by atomic mass is 10.1. The van der Waals surface area contributed by atoms with Crippen LogP contribution in [0.25, 0.3) is 0 Å². The number of carbonyl (C=O) groups is 1. The molecule has 1 N–H and O–H groups in total. The van der Waals surface area contributed by atoms with Gasteiger partial charge < -0.3 is 19.2 Å². The lowest BCUT2D eigenvalue weighted by Gasteiger charge is -2.23. The van der Waals surface area contributed by atoms with E-state index in [1.165, 1.54) is 7.11 Å². The number of rotatable bonds is 4. The molecule has 5 heteroatoms. The summed E-state index contributed by atoms with van der Waals surface area (Å²) in [5, 5.41) is 2.83. The van der Waals surface area contributed by atoms with Gasteiger partial charge in [0.2, 0.25) is 0 Å². The Kier molecular flexibility index (Phi) is 4.75. The van der Waals surface area contributed by atoms with E-state index in [1.807, 2.05) is 51.1 Å². The van der Waals surface area contributed by atoms with E-state index in [1.54, 1.807) is 12.1 Å². The molecule has 0 bridgehead atoms. The Labute approximate surface area is 130 Å². The molecule has 0 aliphatic carbocycles. The molecule has 0 spiro atoms. The fraction of sp³-hybridized carbons (Fsp3) is 0.353. The zero-order valence-electron chi connectivity index (χ0n) is 13.3. The number of benzene rings is 1. The Bertz CT molecular complexity index is 613. The molecule has 0 saturated heterocycles. The van der Waals surface area contributed by atoms with Crippen LogP contribution in [-0.4, -0.2) is 18.8 Å². The monoisotopic (exact) mass is 303 g/mol. The van der Waals surface area contributed by atoms with E-state index >= 15 is 0 Å². The first kappa shape index (κ1) is 15.9. The molecule has 5 nitrogen and oxygen atoms in total. The van der Waals surface area contributed by atoms with Gasteiger partial charge in [-0.1, -0.05) is 30.3 Å². The number of ether oxygens (including phenoxy) is 2. The molecule has 0 fully saturated rings. The lowest BCUT2D eigenvalue weighted by Crippen LogP contribution is -2.35. The first-order valence-corrected chi connectivity index (χ1v) is 7.07. The van der Waals surface area contributed by atoms with Crippen molar-refractivity contribution in [3.8, 4) is 5.95 Å². The van der Waals surface area contributed by atoms with Gasteiger partial charge in [-0.3, -0.25) is 0 Å². The quantitative estimate of drug-likeness (QED) is 0.930. The second kappa shape index (κ2) is 6.56. The van der Waals surface area contributed by atoms with Crippen molar-refractivity contribution >= 4 is 6.09 Å². The van der Waals surface area contributed by atoms with E-state index in [0.717, 1.165) is 5.56 Å². The molecule has 1 aromatic carbocycles. The highest BCUT2D eigenvalue weighted by atomic mass is 16.6. The van der Waals surface area contributed by atoms with Crippen molar-refractivity contribution < 1.29 is 18.7 Å². The van der Waals surface area contributed by atoms with Crippen molar-refractivity contribution in [2.45, 2.75) is 32.4 Å². The minimum Gasteiger partial charge on any atom is -0.468 e. The van der Waals surface area contributed by atoms with Crippen LogP contribution < -0.4 is 10.1 Å². The van der Waals surface area contributed by atoms with Gasteiger partial charge >= 0.3 is 6.09 Å². The summed E-state index contributed by atoms with van der Waals surface area (Å²) >= 11 is 0. The van der Waals surface area contributed by atoms with Crippen LogP contribution in [0.3, 0.4) is 0 Å². The van der Waals surface area contributed by atoms with Gasteiger partial charge in [-0.05, 0) is 32.4 Å². The smallest absolute Gasteiger partial charge is 0.408 e. The van der Waals surface area contributed by atoms with Crippen molar-refractivity contribution in [3.05, 3.63) is 53.8 Å². The second-order valence-corrected chi connectivity index (χ2v) is 5.85. The molecule has 1 aromatic heterocycles. The first-order chi connectivity index (χ1) is 10.4. The molecule has 0 radical (unpaired) electrons. The fourth-order valence-electron chi connectivity index (χ4n) is 1.99. The maximum atomic E-state index is 12.1. The fourth-order valence-corrected chi connectivity index (χ4v) is 1.99. The molecule has 2 aromatic rings. The van der Waals surface area contributed by atoms with E-state index in [9.17, 15) is 4.79 Å². The molecular weight excluding hydrogens is 282 g/mol. The normalized spacial score (nSPS) is 12.5. The Balaban J connectivity index is 2.24. The predicted octanol–water partition coefficient (Wildman–Crippen LogP) is 3.90. The third kappa shape index (κ3) is 4.28. The van der Waals surface area contributed by atoms with Crippen molar-refractivity contribution in [2.24, 2.45) is 0 Å². The van der Waals surface area contributed by atoms with Crippen LogP contribution >= 0.6 is 0 Å². The highest BCUT2D eigenvalue weighted by Crippen LogP contribution is 2.27. The van der Waals surface area contributed by atoms with Crippen LogP contribution in [0.15, 0.2) is 46.9 Å². The summed E-state index contributed by atoms with van der Waals surface area (Å²) < 4.78 is 16.0. The van der Waals surface area contributed by atoms with Gasteiger partial charge in [0.15, 0.2) is 0 Å². The van der Waals surface area contributed by atoms with Crippen LogP contribution in [-0.2, 0) is 4.74 Å². The Morgan fingerprint density at radius 2 is 1.82 bits per heavy atom. The number of nitrogens with one attached hydrogen (secondary N) is 1. The first-order valence-electron chi connectivity index (χ1n) is 7.07. The molecule has 0 unspecified atom stereocenters. The molecule has 0 saturated carbocycles. The minimum absolute atomic E-state index is 0.391. The number of methoxy groups -OCH3 is 1. The minimum atomic E-state index is -0.563. The van der Waals surface area contributed by atoms with Crippen molar-refractivity contribution in [1.82, 2.24) is 5.32 Å². The zero-order valence-corrected chi connectivity index (χ0v) is 13.3. The Morgan fingerprint density at radius 3 is 2.36 bits per heavy atom. The van der Waals surface area contributed by atoms with E-state index in [-0.39, 0.29) is 0 Å². The summed E-state index contributed by atoms with van der Waals surface area (Å²) in [5.74, 6) is 0.968. The molecule has 1 amide bonds. The molecule has 22 heavy (non-hydrogen) atoms. The Morgan fingerprint density at radius 1 is 1.14 bits per heavy atom. The number of furan rings is 1. The van der Waals surface area contributed by atoms with E-state index < -0.39 is 17.7 Å². The van der Waals surface area contributed by atoms with Crippen LogP contribution in [0.2, 0.25) is 0 Å². The summed E-state index contributed by atoms with van der Waals surface area (Å²) in [6, 6.07) is 12.6. The van der Waals surface area contributed by atoms with Gasteiger partial charge in [-0.2, -0.15) is 0 Å². The predicted molar refractivity (Wildman–Crippen MR) is 82.9 cm³/mol. The van der Waals surface area contributed by atoms with Crippen LogP contribution in [0.4, 0.5) is 4.79 Å². The SMILES string of the molecule is COc1ccc([C@H](NC(=O)OC(C)(C)C)c2ccccc2)o1. The third-order valence-electron chi connectivity index (χ3n) is 2.88. The molecule has 0 aliphatic heterocycles. The van der Waals surface area contributed by atoms with Crippen molar-refractivity contribution in [2.75, 3.05) is 7.11 Å². The molecular formula is C17H21NO4. The summed E-state index contributed by atoms with van der Waals surface area (Å²) in [7, 11) is 1.53. The van der Waals surface area contributed by atoms with Gasteiger partial charge in [-0.25, -0.2) is 4.79 Å². The number of amides is 1. The van der Waals surface area contributed by atoms with Gasteiger partial charge in [0, 0.05) is 6.07 Å². The average Bonchev–Trinajstić information content (AvgIpc) is 2.92. The number of hydrogen-bond acceptors (Lipinski definition) is 4. The summed E-state index contributed by atoms with van der Waals surface area (Å²) in [6.07, 6.45) is -0.503. The number of hydrogen-bond donors (Lipinski definition) is 1. The summed E-state index contributed by atoms with van der Waals surface area (Å²) in [6.45, 7) is 5.46. The van der Waals surface area contributed by atoms with Gasteiger partial charge in [0.25, 0.3) is 5.95 Å². The Hall–Kier alpha value is -2.43. The number of carbonyl (C=O) groups excluding carboxylic acids is 1. The van der Waals surface area contributed by atoms with Crippen LogP contribution in [0.1, 0.15) is 38.1 Å². The molecule has 0 aliphatic rings. The number of alkyl carbamates (subject to hydrolysis) is 1. The second-order valence-electron chi connectivity index (χ2n) is 5.85. The van der Waals surface area contributed by atoms with Gasteiger partial charge in [0.05, 0.1) is 7.11 Å². The third-order valence-corrected chi connectivity index (χ3v) is 2.88. The van der Waals surface area contributed by atoms with Crippen molar-refractivity contribution in [3.63, 3.8) is 0 Å². The molecule has 1 atom stereocenters. The van der Waals surface area contributed by atoms with Crippen molar-refractivity contribution in [1.29, 1.82) is 0 Å². The topological polar surface area (TPSA) is 60.7 Å². The van der Waals surface area contributed by atoms with E-state index in [4.69, 9.17) is 13.9 Å². The summed E-state index contributed by atoms with van der Waals surface area (Å²) in [4.78, 5) is 12.1.